The first-order chi connectivity index (χ1) is 9.60. The topological polar surface area (TPSA) is 87.9 Å². The number of nitrogens with one attached hydrogen (secondary N) is 2. The quantitative estimate of drug-likeness (QED) is 0.744. The number of hydrogen-bond donors (Lipinski definition) is 3. The molecule has 0 aliphatic carbocycles. The van der Waals surface area contributed by atoms with Gasteiger partial charge >= 0.3 is 0 Å². The molecule has 0 saturated heterocycles. The predicted octanol–water partition coefficient (Wildman–Crippen LogP) is 1.63. The number of aliphatic hydroxyl groups is 1. The van der Waals surface area contributed by atoms with Crippen molar-refractivity contribution in [3.8, 4) is 0 Å². The molecule has 2 aromatic rings. The minimum Gasteiger partial charge on any atom is -0.394 e. The summed E-state index contributed by atoms with van der Waals surface area (Å²) in [4.78, 5) is 13.3. The van der Waals surface area contributed by atoms with Gasteiger partial charge in [0.1, 0.15) is 0 Å². The summed E-state index contributed by atoms with van der Waals surface area (Å²) in [5, 5.41) is 15.5. The van der Waals surface area contributed by atoms with Crippen molar-refractivity contribution >= 4 is 22.9 Å². The maximum absolute atomic E-state index is 9.28. The number of rotatable bonds is 6. The molecule has 1 atom stereocenters. The molecular weight excluding hydrogens is 256 g/mol. The number of nitrogens with zero attached hydrogens (tertiary/aromatic N) is 4. The Bertz CT molecular complexity index is 575. The largest absolute Gasteiger partial charge is 0.394 e. The maximum Gasteiger partial charge on any atom is 0.227 e. The van der Waals surface area contributed by atoms with Crippen LogP contribution in [-0.2, 0) is 0 Å². The highest BCUT2D eigenvalue weighted by atomic mass is 16.3. The van der Waals surface area contributed by atoms with Crippen LogP contribution < -0.4 is 10.6 Å². The zero-order valence-corrected chi connectivity index (χ0v) is 12.4. The summed E-state index contributed by atoms with van der Waals surface area (Å²) in [7, 11) is 1.81. The molecule has 20 heavy (non-hydrogen) atoms. The van der Waals surface area contributed by atoms with E-state index in [0.717, 1.165) is 17.6 Å². The summed E-state index contributed by atoms with van der Waals surface area (Å²) in [6, 6.07) is 0.222. The Balaban J connectivity index is 2.48. The van der Waals surface area contributed by atoms with Gasteiger partial charge in [0.2, 0.25) is 5.95 Å². The Morgan fingerprint density at radius 1 is 1.35 bits per heavy atom. The lowest BCUT2D eigenvalue weighted by molar-refractivity contribution is 0.271. The fourth-order valence-electron chi connectivity index (χ4n) is 1.99. The highest BCUT2D eigenvalue weighted by Gasteiger charge is 2.15. The lowest BCUT2D eigenvalue weighted by atomic mass is 10.2. The second-order valence-corrected chi connectivity index (χ2v) is 5.00. The first-order valence-corrected chi connectivity index (χ1v) is 6.90. The van der Waals surface area contributed by atoms with Crippen molar-refractivity contribution < 1.29 is 5.11 Å². The SMILES string of the molecule is CC[C@H](CO)Nc1nc(NC)c2ncn(C(C)C)c2n1. The van der Waals surface area contributed by atoms with Crippen molar-refractivity contribution in [3.05, 3.63) is 6.33 Å². The van der Waals surface area contributed by atoms with E-state index in [1.807, 2.05) is 18.5 Å². The first-order valence-electron chi connectivity index (χ1n) is 6.90. The molecule has 3 N–H and O–H groups in total. The van der Waals surface area contributed by atoms with E-state index in [4.69, 9.17) is 0 Å². The van der Waals surface area contributed by atoms with Gasteiger partial charge in [-0.15, -0.1) is 0 Å². The average molecular weight is 278 g/mol. The smallest absolute Gasteiger partial charge is 0.227 e. The van der Waals surface area contributed by atoms with E-state index < -0.39 is 0 Å². The van der Waals surface area contributed by atoms with Gasteiger partial charge in [0.05, 0.1) is 19.0 Å². The van der Waals surface area contributed by atoms with Crippen LogP contribution in [0, 0.1) is 0 Å². The molecule has 0 saturated carbocycles. The minimum absolute atomic E-state index is 0.0485. The molecule has 2 rings (SSSR count). The number of hydrogen-bond acceptors (Lipinski definition) is 6. The standard InChI is InChI=1S/C13H22N6O/c1-5-9(6-20)16-13-17-11(14-4)10-12(18-13)19(7-15-10)8(2)3/h7-9,20H,5-6H2,1-4H3,(H2,14,16,17,18)/t9-/m1/s1. The van der Waals surface area contributed by atoms with Crippen molar-refractivity contribution in [1.82, 2.24) is 19.5 Å². The zero-order chi connectivity index (χ0) is 14.7. The van der Waals surface area contributed by atoms with Crippen LogP contribution in [0.15, 0.2) is 6.33 Å². The van der Waals surface area contributed by atoms with Gasteiger partial charge in [-0.2, -0.15) is 9.97 Å². The van der Waals surface area contributed by atoms with Crippen molar-refractivity contribution in [2.75, 3.05) is 24.3 Å². The molecule has 0 spiro atoms. The monoisotopic (exact) mass is 278 g/mol. The van der Waals surface area contributed by atoms with Crippen LogP contribution in [0.2, 0.25) is 0 Å². The summed E-state index contributed by atoms with van der Waals surface area (Å²) >= 11 is 0. The summed E-state index contributed by atoms with van der Waals surface area (Å²) in [5.74, 6) is 1.19. The summed E-state index contributed by atoms with van der Waals surface area (Å²) < 4.78 is 2.00. The molecule has 7 heteroatoms. The van der Waals surface area contributed by atoms with Crippen LogP contribution >= 0.6 is 0 Å². The van der Waals surface area contributed by atoms with E-state index in [1.165, 1.54) is 0 Å². The lowest BCUT2D eigenvalue weighted by Crippen LogP contribution is -2.24. The molecule has 0 unspecified atom stereocenters. The van der Waals surface area contributed by atoms with Gasteiger partial charge in [-0.05, 0) is 20.3 Å². The number of fused-ring (bicyclic) bond motifs is 1. The van der Waals surface area contributed by atoms with Gasteiger partial charge < -0.3 is 20.3 Å². The van der Waals surface area contributed by atoms with Crippen LogP contribution in [0.25, 0.3) is 11.2 Å². The summed E-state index contributed by atoms with van der Waals surface area (Å²) in [6.07, 6.45) is 2.58. The fourth-order valence-corrected chi connectivity index (χ4v) is 1.99. The Labute approximate surface area is 118 Å². The van der Waals surface area contributed by atoms with E-state index in [0.29, 0.717) is 11.8 Å². The second kappa shape index (κ2) is 6.04. The predicted molar refractivity (Wildman–Crippen MR) is 80.0 cm³/mol. The van der Waals surface area contributed by atoms with E-state index >= 15 is 0 Å². The molecule has 0 amide bonds. The van der Waals surface area contributed by atoms with Gasteiger partial charge in [-0.25, -0.2) is 4.98 Å². The highest BCUT2D eigenvalue weighted by Crippen LogP contribution is 2.23. The number of aromatic nitrogens is 4. The molecule has 0 bridgehead atoms. The number of aliphatic hydroxyl groups excluding tert-OH is 1. The van der Waals surface area contributed by atoms with Crippen LogP contribution in [0.5, 0.6) is 0 Å². The van der Waals surface area contributed by atoms with E-state index in [1.54, 1.807) is 6.33 Å². The molecule has 0 aliphatic rings. The normalized spacial score (nSPS) is 12.9. The minimum atomic E-state index is -0.0485. The Kier molecular flexibility index (Phi) is 4.39. The van der Waals surface area contributed by atoms with Gasteiger partial charge in [-0.3, -0.25) is 0 Å². The summed E-state index contributed by atoms with van der Waals surface area (Å²) in [6.45, 7) is 6.22. The zero-order valence-electron chi connectivity index (χ0n) is 12.4. The molecule has 7 nitrogen and oxygen atoms in total. The molecule has 0 aliphatic heterocycles. The van der Waals surface area contributed by atoms with Crippen molar-refractivity contribution in [3.63, 3.8) is 0 Å². The van der Waals surface area contributed by atoms with E-state index in [-0.39, 0.29) is 18.7 Å². The Morgan fingerprint density at radius 2 is 2.10 bits per heavy atom. The maximum atomic E-state index is 9.28. The third-order valence-corrected chi connectivity index (χ3v) is 3.26. The number of anilines is 2. The average Bonchev–Trinajstić information content (AvgIpc) is 2.87. The van der Waals surface area contributed by atoms with Gasteiger partial charge in [0.15, 0.2) is 17.0 Å². The van der Waals surface area contributed by atoms with Crippen LogP contribution in [0.1, 0.15) is 33.2 Å². The van der Waals surface area contributed by atoms with E-state index in [9.17, 15) is 5.11 Å². The molecule has 0 aromatic carbocycles. The molecule has 110 valence electrons. The molecular formula is C13H22N6O. The van der Waals surface area contributed by atoms with Crippen molar-refractivity contribution in [2.45, 2.75) is 39.3 Å². The fraction of sp³-hybridized carbons (Fsp3) is 0.615. The van der Waals surface area contributed by atoms with Crippen molar-refractivity contribution in [2.24, 2.45) is 0 Å². The lowest BCUT2D eigenvalue weighted by Gasteiger charge is -2.15. The summed E-state index contributed by atoms with van der Waals surface area (Å²) in [5.41, 5.74) is 1.54. The van der Waals surface area contributed by atoms with Gasteiger partial charge in [0, 0.05) is 13.1 Å². The molecule has 0 fully saturated rings. The second-order valence-electron chi connectivity index (χ2n) is 5.00. The molecule has 2 heterocycles. The number of imidazole rings is 1. The third kappa shape index (κ3) is 2.67. The third-order valence-electron chi connectivity index (χ3n) is 3.26. The Hall–Kier alpha value is -1.89. The van der Waals surface area contributed by atoms with Crippen LogP contribution in [-0.4, -0.2) is 44.3 Å². The van der Waals surface area contributed by atoms with Gasteiger partial charge in [0.25, 0.3) is 0 Å². The first kappa shape index (κ1) is 14.5. The van der Waals surface area contributed by atoms with Gasteiger partial charge in [-0.1, -0.05) is 6.92 Å². The Morgan fingerprint density at radius 3 is 2.65 bits per heavy atom. The molecule has 2 aromatic heterocycles. The van der Waals surface area contributed by atoms with Crippen molar-refractivity contribution in [1.29, 1.82) is 0 Å². The highest BCUT2D eigenvalue weighted by molar-refractivity contribution is 5.84. The molecule has 0 radical (unpaired) electrons. The van der Waals surface area contributed by atoms with Crippen LogP contribution in [0.4, 0.5) is 11.8 Å². The van der Waals surface area contributed by atoms with E-state index in [2.05, 4.69) is 39.4 Å². The van der Waals surface area contributed by atoms with Crippen LogP contribution in [0.3, 0.4) is 0 Å².